The van der Waals surface area contributed by atoms with Crippen LogP contribution in [0.1, 0.15) is 33.4 Å². The molecular formula is C25H26N4O3S. The highest BCUT2D eigenvalue weighted by Gasteiger charge is 2.23. The number of furan rings is 1. The predicted octanol–water partition coefficient (Wildman–Crippen LogP) is 3.93. The standard InChI is InChI=1S/C25H26N4O3S/c1-2-18-5-7-19(8-6-18)23(30)27-25(33)26-20-9-11-21(12-10-20)28-13-15-29(16-14-28)24(31)22-4-3-17-32-22/h3-12,17H,2,13-16H2,1H3,(H2,26,27,30,33). The topological polar surface area (TPSA) is 77.8 Å². The van der Waals surface area contributed by atoms with Crippen molar-refractivity contribution >= 4 is 40.5 Å². The van der Waals surface area contributed by atoms with Gasteiger partial charge in [0.15, 0.2) is 10.9 Å². The van der Waals surface area contributed by atoms with Crippen LogP contribution in [0.4, 0.5) is 11.4 Å². The summed E-state index contributed by atoms with van der Waals surface area (Å²) >= 11 is 5.29. The maximum absolute atomic E-state index is 12.4. The molecule has 0 bridgehead atoms. The summed E-state index contributed by atoms with van der Waals surface area (Å²) in [7, 11) is 0. The Morgan fingerprint density at radius 1 is 0.970 bits per heavy atom. The summed E-state index contributed by atoms with van der Waals surface area (Å²) in [5.41, 5.74) is 3.60. The van der Waals surface area contributed by atoms with Crippen molar-refractivity contribution in [3.63, 3.8) is 0 Å². The minimum atomic E-state index is -0.242. The van der Waals surface area contributed by atoms with E-state index >= 15 is 0 Å². The van der Waals surface area contributed by atoms with Crippen LogP contribution in [0.2, 0.25) is 0 Å². The normalized spacial score (nSPS) is 13.5. The number of aryl methyl sites for hydroxylation is 1. The SMILES string of the molecule is CCc1ccc(C(=O)NC(=S)Nc2ccc(N3CCN(C(=O)c4ccco4)CC3)cc2)cc1. The van der Waals surface area contributed by atoms with Gasteiger partial charge in [0, 0.05) is 43.1 Å². The molecule has 2 N–H and O–H groups in total. The van der Waals surface area contributed by atoms with E-state index in [-0.39, 0.29) is 16.9 Å². The van der Waals surface area contributed by atoms with Gasteiger partial charge in [0.2, 0.25) is 0 Å². The van der Waals surface area contributed by atoms with Crippen LogP contribution in [-0.2, 0) is 6.42 Å². The van der Waals surface area contributed by atoms with Crippen molar-refractivity contribution in [2.24, 2.45) is 0 Å². The third kappa shape index (κ3) is 5.59. The number of anilines is 2. The number of amides is 2. The maximum atomic E-state index is 12.4. The molecule has 7 nitrogen and oxygen atoms in total. The van der Waals surface area contributed by atoms with Gasteiger partial charge in [0.25, 0.3) is 11.8 Å². The van der Waals surface area contributed by atoms with Gasteiger partial charge in [-0.25, -0.2) is 0 Å². The summed E-state index contributed by atoms with van der Waals surface area (Å²) in [5.74, 6) is 0.0599. The summed E-state index contributed by atoms with van der Waals surface area (Å²) in [6.45, 7) is 4.82. The molecule has 0 aliphatic carbocycles. The van der Waals surface area contributed by atoms with E-state index in [9.17, 15) is 9.59 Å². The number of piperazine rings is 1. The van der Waals surface area contributed by atoms with Crippen LogP contribution >= 0.6 is 12.2 Å². The molecule has 1 aliphatic rings. The lowest BCUT2D eigenvalue weighted by atomic mass is 10.1. The molecule has 1 fully saturated rings. The molecule has 0 atom stereocenters. The number of thiocarbonyl (C=S) groups is 1. The molecular weight excluding hydrogens is 436 g/mol. The molecule has 0 spiro atoms. The Kier molecular flexibility index (Phi) is 7.04. The van der Waals surface area contributed by atoms with E-state index < -0.39 is 0 Å². The first kappa shape index (κ1) is 22.5. The van der Waals surface area contributed by atoms with Gasteiger partial charge in [-0.15, -0.1) is 0 Å². The van der Waals surface area contributed by atoms with Gasteiger partial charge in [-0.3, -0.25) is 14.9 Å². The monoisotopic (exact) mass is 462 g/mol. The van der Waals surface area contributed by atoms with Crippen LogP contribution in [0.5, 0.6) is 0 Å². The van der Waals surface area contributed by atoms with Crippen molar-refractivity contribution in [3.05, 3.63) is 83.8 Å². The van der Waals surface area contributed by atoms with Crippen molar-refractivity contribution < 1.29 is 14.0 Å². The number of carbonyl (C=O) groups is 2. The van der Waals surface area contributed by atoms with Gasteiger partial charge in [-0.2, -0.15) is 0 Å². The summed E-state index contributed by atoms with van der Waals surface area (Å²) in [5, 5.41) is 6.01. The van der Waals surface area contributed by atoms with Gasteiger partial charge >= 0.3 is 0 Å². The minimum absolute atomic E-state index is 0.0731. The Hall–Kier alpha value is -3.65. The molecule has 33 heavy (non-hydrogen) atoms. The van der Waals surface area contributed by atoms with Gasteiger partial charge < -0.3 is 19.5 Å². The van der Waals surface area contributed by atoms with Crippen molar-refractivity contribution in [1.29, 1.82) is 0 Å². The molecule has 1 saturated heterocycles. The second-order valence-corrected chi connectivity index (χ2v) is 8.17. The van der Waals surface area contributed by atoms with Crippen LogP contribution in [0.3, 0.4) is 0 Å². The third-order valence-electron chi connectivity index (χ3n) is 5.64. The molecule has 4 rings (SSSR count). The van der Waals surface area contributed by atoms with E-state index in [0.717, 1.165) is 30.9 Å². The number of nitrogens with one attached hydrogen (secondary N) is 2. The third-order valence-corrected chi connectivity index (χ3v) is 5.84. The average Bonchev–Trinajstić information content (AvgIpc) is 3.39. The lowest BCUT2D eigenvalue weighted by Gasteiger charge is -2.35. The zero-order valence-electron chi connectivity index (χ0n) is 18.4. The summed E-state index contributed by atoms with van der Waals surface area (Å²) in [4.78, 5) is 28.8. The van der Waals surface area contributed by atoms with Crippen LogP contribution < -0.4 is 15.5 Å². The number of benzene rings is 2. The molecule has 3 aromatic rings. The van der Waals surface area contributed by atoms with Crippen LogP contribution in [0, 0.1) is 0 Å². The summed E-state index contributed by atoms with van der Waals surface area (Å²) < 4.78 is 5.21. The first-order valence-electron chi connectivity index (χ1n) is 10.9. The molecule has 0 radical (unpaired) electrons. The molecule has 0 saturated carbocycles. The van der Waals surface area contributed by atoms with Crippen molar-refractivity contribution in [3.8, 4) is 0 Å². The Balaban J connectivity index is 1.27. The second-order valence-electron chi connectivity index (χ2n) is 7.76. The zero-order valence-corrected chi connectivity index (χ0v) is 19.2. The molecule has 2 aromatic carbocycles. The van der Waals surface area contributed by atoms with E-state index in [0.29, 0.717) is 24.4 Å². The Bertz CT molecular complexity index is 1100. The fourth-order valence-electron chi connectivity index (χ4n) is 3.71. The first-order valence-corrected chi connectivity index (χ1v) is 11.3. The molecule has 8 heteroatoms. The highest BCUT2D eigenvalue weighted by molar-refractivity contribution is 7.80. The largest absolute Gasteiger partial charge is 0.459 e. The predicted molar refractivity (Wildman–Crippen MR) is 133 cm³/mol. The minimum Gasteiger partial charge on any atom is -0.459 e. The first-order chi connectivity index (χ1) is 16.0. The van der Waals surface area contributed by atoms with Gasteiger partial charge in [0.1, 0.15) is 0 Å². The number of hydrogen-bond donors (Lipinski definition) is 2. The second kappa shape index (κ2) is 10.3. The molecule has 2 heterocycles. The molecule has 1 aliphatic heterocycles. The molecule has 170 valence electrons. The number of nitrogens with zero attached hydrogens (tertiary/aromatic N) is 2. The van der Waals surface area contributed by atoms with Gasteiger partial charge in [-0.1, -0.05) is 19.1 Å². The van der Waals surface area contributed by atoms with E-state index in [1.54, 1.807) is 24.3 Å². The zero-order chi connectivity index (χ0) is 23.2. The van der Waals surface area contributed by atoms with Gasteiger partial charge in [-0.05, 0) is 72.7 Å². The molecule has 1 aromatic heterocycles. The highest BCUT2D eigenvalue weighted by Crippen LogP contribution is 2.20. The van der Waals surface area contributed by atoms with Gasteiger partial charge in [0.05, 0.1) is 6.26 Å². The number of hydrogen-bond acceptors (Lipinski definition) is 5. The molecule has 0 unspecified atom stereocenters. The molecule has 2 amide bonds. The Morgan fingerprint density at radius 2 is 1.67 bits per heavy atom. The fourth-order valence-corrected chi connectivity index (χ4v) is 3.92. The summed E-state index contributed by atoms with van der Waals surface area (Å²) in [6, 6.07) is 18.7. The van der Waals surface area contributed by atoms with Crippen molar-refractivity contribution in [2.75, 3.05) is 36.4 Å². The number of carbonyl (C=O) groups excluding carboxylic acids is 2. The van der Waals surface area contributed by atoms with Crippen LogP contribution in [-0.4, -0.2) is 48.0 Å². The van der Waals surface area contributed by atoms with Crippen LogP contribution in [0.15, 0.2) is 71.3 Å². The van der Waals surface area contributed by atoms with E-state index in [1.165, 1.54) is 11.8 Å². The Morgan fingerprint density at radius 3 is 2.27 bits per heavy atom. The maximum Gasteiger partial charge on any atom is 0.289 e. The number of rotatable bonds is 5. The quantitative estimate of drug-likeness (QED) is 0.560. The summed E-state index contributed by atoms with van der Waals surface area (Å²) in [6.07, 6.45) is 2.44. The average molecular weight is 463 g/mol. The lowest BCUT2D eigenvalue weighted by Crippen LogP contribution is -2.48. The lowest BCUT2D eigenvalue weighted by molar-refractivity contribution is 0.0714. The van der Waals surface area contributed by atoms with E-state index in [4.69, 9.17) is 16.6 Å². The van der Waals surface area contributed by atoms with Crippen molar-refractivity contribution in [1.82, 2.24) is 10.2 Å². The smallest absolute Gasteiger partial charge is 0.289 e. The van der Waals surface area contributed by atoms with E-state index in [1.807, 2.05) is 41.3 Å². The Labute approximate surface area is 198 Å². The van der Waals surface area contributed by atoms with Crippen molar-refractivity contribution in [2.45, 2.75) is 13.3 Å². The van der Waals surface area contributed by atoms with Crippen LogP contribution in [0.25, 0.3) is 0 Å². The van der Waals surface area contributed by atoms with E-state index in [2.05, 4.69) is 22.5 Å². The highest BCUT2D eigenvalue weighted by atomic mass is 32.1. The fraction of sp³-hybridized carbons (Fsp3) is 0.240.